The zero-order valence-electron chi connectivity index (χ0n) is 32.5. The quantitative estimate of drug-likeness (QED) is 0.195. The third kappa shape index (κ3) is 12.7. The number of aliphatic hydroxyl groups is 1. The third-order valence-corrected chi connectivity index (χ3v) is 8.87. The fourth-order valence-corrected chi connectivity index (χ4v) is 5.92. The number of nitrogens with zero attached hydrogens (tertiary/aromatic N) is 6. The van der Waals surface area contributed by atoms with Crippen molar-refractivity contribution in [1.29, 1.82) is 0 Å². The van der Waals surface area contributed by atoms with Gasteiger partial charge in [-0.05, 0) is 66.5 Å². The zero-order valence-corrected chi connectivity index (χ0v) is 34.0. The molecule has 15 nitrogen and oxygen atoms in total. The number of amides is 2. The van der Waals surface area contributed by atoms with Gasteiger partial charge in [0, 0.05) is 61.9 Å². The number of phenols is 1. The number of carbonyl (C=O) groups is 2. The van der Waals surface area contributed by atoms with Crippen LogP contribution in [0.3, 0.4) is 0 Å². The van der Waals surface area contributed by atoms with E-state index in [-0.39, 0.29) is 30.1 Å². The number of ether oxygens (including phenoxy) is 5. The van der Waals surface area contributed by atoms with Crippen LogP contribution in [-0.4, -0.2) is 116 Å². The van der Waals surface area contributed by atoms with E-state index in [1.807, 2.05) is 41.5 Å². The Labute approximate surface area is 330 Å². The number of fused-ring (bicyclic) bond motifs is 2. The molecule has 2 saturated heterocycles. The summed E-state index contributed by atoms with van der Waals surface area (Å²) in [6.45, 7) is 13.5. The lowest BCUT2D eigenvalue weighted by Crippen LogP contribution is -2.44. The number of phenolic OH excluding ortho intramolecular Hbond substituents is 1. The van der Waals surface area contributed by atoms with E-state index < -0.39 is 11.2 Å². The molecule has 0 atom stereocenters. The van der Waals surface area contributed by atoms with Gasteiger partial charge in [-0.1, -0.05) is 23.2 Å². The monoisotopic (exact) mass is 804 g/mol. The van der Waals surface area contributed by atoms with E-state index in [1.165, 1.54) is 25.8 Å². The van der Waals surface area contributed by atoms with E-state index >= 15 is 0 Å². The number of halogens is 2. The van der Waals surface area contributed by atoms with E-state index in [0.29, 0.717) is 101 Å². The van der Waals surface area contributed by atoms with Gasteiger partial charge in [0.25, 0.3) is 0 Å². The number of aromatic nitrogens is 4. The minimum Gasteiger partial charge on any atom is -0.504 e. The van der Waals surface area contributed by atoms with Gasteiger partial charge in [-0.25, -0.2) is 29.5 Å². The lowest BCUT2D eigenvalue weighted by atomic mass is 10.1. The Hall–Kier alpha value is -4.60. The summed E-state index contributed by atoms with van der Waals surface area (Å²) in [4.78, 5) is 43.1. The van der Waals surface area contributed by atoms with Gasteiger partial charge in [0.05, 0.1) is 31.4 Å². The van der Waals surface area contributed by atoms with Crippen molar-refractivity contribution in [2.75, 3.05) is 40.4 Å². The highest BCUT2D eigenvalue weighted by Crippen LogP contribution is 2.36. The molecule has 0 aliphatic carbocycles. The van der Waals surface area contributed by atoms with Gasteiger partial charge in [-0.3, -0.25) is 0 Å². The SMILES string of the molecule is CC(C)(C)OC(=O)N1CCC(O)CC1.COc1cc2ncnc(Cl)c2cc1O.COc1cc2ncnc(Cl)c2cc1OC1CCN(C(=O)OC(C)(C)C)CC1. The molecule has 6 rings (SSSR count). The Bertz CT molecular complexity index is 1920. The van der Waals surface area contributed by atoms with Crippen molar-refractivity contribution in [3.8, 4) is 23.0 Å². The molecular formula is C38H50Cl2N6O9. The van der Waals surface area contributed by atoms with Crippen molar-refractivity contribution in [3.05, 3.63) is 47.2 Å². The Morgan fingerprint density at radius 2 is 1.11 bits per heavy atom. The molecule has 4 heterocycles. The van der Waals surface area contributed by atoms with E-state index in [1.54, 1.807) is 35.1 Å². The molecule has 4 aromatic rings. The van der Waals surface area contributed by atoms with Crippen LogP contribution in [0.2, 0.25) is 10.3 Å². The van der Waals surface area contributed by atoms with Crippen LogP contribution >= 0.6 is 23.2 Å². The number of carbonyl (C=O) groups excluding carboxylic acids is 2. The van der Waals surface area contributed by atoms with E-state index in [2.05, 4.69) is 19.9 Å². The highest BCUT2D eigenvalue weighted by Gasteiger charge is 2.29. The Balaban J connectivity index is 0.000000202. The first-order valence-corrected chi connectivity index (χ1v) is 18.6. The minimum absolute atomic E-state index is 0.0247. The predicted octanol–water partition coefficient (Wildman–Crippen LogP) is 7.45. The van der Waals surface area contributed by atoms with E-state index in [4.69, 9.17) is 46.9 Å². The Morgan fingerprint density at radius 1 is 0.673 bits per heavy atom. The van der Waals surface area contributed by atoms with Gasteiger partial charge in [0.2, 0.25) is 0 Å². The molecule has 2 aromatic heterocycles. The van der Waals surface area contributed by atoms with Gasteiger partial charge < -0.3 is 43.7 Å². The van der Waals surface area contributed by atoms with Crippen molar-refractivity contribution in [2.45, 2.75) is 90.6 Å². The Kier molecular flexibility index (Phi) is 14.8. The molecule has 0 spiro atoms. The van der Waals surface area contributed by atoms with Crippen LogP contribution < -0.4 is 14.2 Å². The summed E-state index contributed by atoms with van der Waals surface area (Å²) >= 11 is 12.0. The number of benzene rings is 2. The van der Waals surface area contributed by atoms with Gasteiger partial charge in [-0.15, -0.1) is 0 Å². The molecule has 0 unspecified atom stereocenters. The number of piperidine rings is 2. The maximum Gasteiger partial charge on any atom is 0.410 e. The topological polar surface area (TPSA) is 179 Å². The van der Waals surface area contributed by atoms with Crippen LogP contribution in [0.15, 0.2) is 36.9 Å². The molecular weight excluding hydrogens is 755 g/mol. The van der Waals surface area contributed by atoms with Crippen LogP contribution in [0.4, 0.5) is 9.59 Å². The number of likely N-dealkylation sites (tertiary alicyclic amines) is 2. The molecule has 55 heavy (non-hydrogen) atoms. The maximum absolute atomic E-state index is 12.2. The summed E-state index contributed by atoms with van der Waals surface area (Å²) in [5, 5.41) is 20.8. The Morgan fingerprint density at radius 3 is 1.56 bits per heavy atom. The van der Waals surface area contributed by atoms with Gasteiger partial charge in [-0.2, -0.15) is 0 Å². The lowest BCUT2D eigenvalue weighted by Gasteiger charge is -2.33. The molecule has 2 N–H and O–H groups in total. The van der Waals surface area contributed by atoms with Crippen LogP contribution in [0.25, 0.3) is 21.8 Å². The second-order valence-corrected chi connectivity index (χ2v) is 15.6. The molecule has 2 aliphatic rings. The highest BCUT2D eigenvalue weighted by atomic mass is 35.5. The van der Waals surface area contributed by atoms with Crippen molar-refractivity contribution in [2.24, 2.45) is 0 Å². The highest BCUT2D eigenvalue weighted by molar-refractivity contribution is 6.34. The number of hydrogen-bond acceptors (Lipinski definition) is 13. The number of methoxy groups -OCH3 is 2. The molecule has 2 aliphatic heterocycles. The molecule has 0 saturated carbocycles. The van der Waals surface area contributed by atoms with Crippen LogP contribution in [-0.2, 0) is 9.47 Å². The number of hydrogen-bond donors (Lipinski definition) is 2. The van der Waals surface area contributed by atoms with Crippen molar-refractivity contribution >= 4 is 57.2 Å². The lowest BCUT2D eigenvalue weighted by molar-refractivity contribution is 0.00957. The minimum atomic E-state index is -0.496. The maximum atomic E-state index is 12.2. The fraction of sp³-hybridized carbons (Fsp3) is 0.526. The second-order valence-electron chi connectivity index (χ2n) is 14.9. The summed E-state index contributed by atoms with van der Waals surface area (Å²) < 4.78 is 27.2. The van der Waals surface area contributed by atoms with Gasteiger partial charge in [0.1, 0.15) is 40.3 Å². The summed E-state index contributed by atoms with van der Waals surface area (Å²) in [5.74, 6) is 1.58. The molecule has 300 valence electrons. The average Bonchev–Trinajstić information content (AvgIpc) is 3.11. The first-order chi connectivity index (χ1) is 25.9. The summed E-state index contributed by atoms with van der Waals surface area (Å²) in [6, 6.07) is 6.68. The number of aliphatic hydroxyl groups excluding tert-OH is 1. The number of rotatable bonds is 4. The van der Waals surface area contributed by atoms with Gasteiger partial charge >= 0.3 is 12.2 Å². The molecule has 0 bridgehead atoms. The van der Waals surface area contributed by atoms with Crippen LogP contribution in [0, 0.1) is 0 Å². The third-order valence-electron chi connectivity index (χ3n) is 8.26. The van der Waals surface area contributed by atoms with Crippen LogP contribution in [0.1, 0.15) is 67.2 Å². The average molecular weight is 806 g/mol. The molecule has 2 fully saturated rings. The predicted molar refractivity (Wildman–Crippen MR) is 208 cm³/mol. The first-order valence-electron chi connectivity index (χ1n) is 17.8. The molecule has 2 amide bonds. The summed E-state index contributed by atoms with van der Waals surface area (Å²) in [6.07, 6.45) is 4.65. The van der Waals surface area contributed by atoms with Crippen molar-refractivity contribution < 1.29 is 43.5 Å². The smallest absolute Gasteiger partial charge is 0.410 e. The normalized spacial score (nSPS) is 15.3. The zero-order chi connectivity index (χ0) is 40.5. The summed E-state index contributed by atoms with van der Waals surface area (Å²) in [7, 11) is 3.06. The van der Waals surface area contributed by atoms with Crippen LogP contribution in [0.5, 0.6) is 23.0 Å². The molecule has 17 heteroatoms. The molecule has 2 aromatic carbocycles. The van der Waals surface area contributed by atoms with Crippen molar-refractivity contribution in [1.82, 2.24) is 29.7 Å². The molecule has 0 radical (unpaired) electrons. The standard InChI is InChI=1S/C19H24ClN3O4.C10H19NO3.C9H7ClN2O2/c1-19(2,3)27-18(24)23-7-5-12(6-8-23)26-16-9-13-14(10-15(16)25-4)21-11-22-17(13)20;1-10(2,3)14-9(13)11-6-4-8(12)5-7-11;1-14-8-3-6-5(2-7(8)13)9(10)12-4-11-6/h9-12H,5-8H2,1-4H3;8,12H,4-7H2,1-3H3;2-4,13H,1H3. The van der Waals surface area contributed by atoms with E-state index in [9.17, 15) is 19.8 Å². The van der Waals surface area contributed by atoms with Gasteiger partial charge in [0.15, 0.2) is 23.0 Å². The van der Waals surface area contributed by atoms with E-state index in [0.717, 1.165) is 0 Å². The largest absolute Gasteiger partial charge is 0.504 e. The number of aromatic hydroxyl groups is 1. The van der Waals surface area contributed by atoms with Crippen molar-refractivity contribution in [3.63, 3.8) is 0 Å². The second kappa shape index (κ2) is 18.8. The summed E-state index contributed by atoms with van der Waals surface area (Å²) in [5.41, 5.74) is 0.399. The first kappa shape index (κ1) is 43.1. The fourth-order valence-electron chi connectivity index (χ4n) is 5.53.